The van der Waals surface area contributed by atoms with Gasteiger partial charge >= 0.3 is 5.97 Å². The van der Waals surface area contributed by atoms with Gasteiger partial charge in [-0.25, -0.2) is 4.79 Å². The lowest BCUT2D eigenvalue weighted by Crippen LogP contribution is -1.96. The molecule has 1 aromatic heterocycles. The van der Waals surface area contributed by atoms with Gasteiger partial charge in [0.15, 0.2) is 0 Å². The van der Waals surface area contributed by atoms with Crippen LogP contribution in [0.4, 0.5) is 0 Å². The second-order valence-corrected chi connectivity index (χ2v) is 2.96. The Labute approximate surface area is 91.9 Å². The van der Waals surface area contributed by atoms with Crippen molar-refractivity contribution in [3.63, 3.8) is 0 Å². The number of azide groups is 1. The first-order valence-electron chi connectivity index (χ1n) is 4.60. The van der Waals surface area contributed by atoms with Crippen LogP contribution < -0.4 is 0 Å². The smallest absolute Gasteiger partial charge is 0.337 e. The van der Waals surface area contributed by atoms with Gasteiger partial charge in [0.25, 0.3) is 0 Å². The van der Waals surface area contributed by atoms with Gasteiger partial charge in [0, 0.05) is 23.9 Å². The number of nitrogens with zero attached hydrogens (tertiary/aromatic N) is 4. The van der Waals surface area contributed by atoms with E-state index in [0.29, 0.717) is 18.5 Å². The third-order valence-electron chi connectivity index (χ3n) is 1.78. The third-order valence-corrected chi connectivity index (χ3v) is 1.78. The summed E-state index contributed by atoms with van der Waals surface area (Å²) in [5.74, 6) is -1.00. The number of hydrogen-bond donors (Lipinski definition) is 1. The summed E-state index contributed by atoms with van der Waals surface area (Å²) in [5.41, 5.74) is 8.90. The molecule has 1 N–H and O–H groups in total. The molecule has 1 aromatic rings. The van der Waals surface area contributed by atoms with Crippen molar-refractivity contribution in [3.05, 3.63) is 46.1 Å². The molecule has 16 heavy (non-hydrogen) atoms. The first-order chi connectivity index (χ1) is 7.74. The number of aromatic carboxylic acids is 1. The molecule has 0 amide bonds. The quantitative estimate of drug-likeness (QED) is 0.355. The maximum absolute atomic E-state index is 10.6. The predicted molar refractivity (Wildman–Crippen MR) is 58.9 cm³/mol. The van der Waals surface area contributed by atoms with Crippen LogP contribution in [0, 0.1) is 0 Å². The van der Waals surface area contributed by atoms with E-state index in [4.69, 9.17) is 10.6 Å². The molecule has 0 saturated carbocycles. The molecule has 82 valence electrons. The summed E-state index contributed by atoms with van der Waals surface area (Å²) in [6, 6.07) is 1.53. The minimum atomic E-state index is -1.00. The molecular weight excluding hydrogens is 208 g/mol. The van der Waals surface area contributed by atoms with E-state index >= 15 is 0 Å². The first-order valence-corrected chi connectivity index (χ1v) is 4.60. The average molecular weight is 218 g/mol. The van der Waals surface area contributed by atoms with Gasteiger partial charge in [-0.05, 0) is 23.6 Å². The lowest BCUT2D eigenvalue weighted by molar-refractivity contribution is 0.0696. The van der Waals surface area contributed by atoms with Crippen molar-refractivity contribution >= 4 is 12.0 Å². The lowest BCUT2D eigenvalue weighted by Gasteiger charge is -1.95. The molecule has 0 unspecified atom stereocenters. The van der Waals surface area contributed by atoms with E-state index < -0.39 is 5.97 Å². The Morgan fingerprint density at radius 1 is 1.62 bits per heavy atom. The monoisotopic (exact) mass is 218 g/mol. The number of pyridine rings is 1. The number of hydrogen-bond acceptors (Lipinski definition) is 3. The highest BCUT2D eigenvalue weighted by molar-refractivity contribution is 5.87. The molecule has 0 radical (unpaired) electrons. The molecule has 1 heterocycles. The maximum Gasteiger partial charge on any atom is 0.337 e. The van der Waals surface area contributed by atoms with E-state index in [9.17, 15) is 4.79 Å². The van der Waals surface area contributed by atoms with Crippen molar-refractivity contribution in [1.29, 1.82) is 0 Å². The predicted octanol–water partition coefficient (Wildman–Crippen LogP) is 2.49. The minimum absolute atomic E-state index is 0.150. The SMILES string of the molecule is [N-]=[N+]=NCCC=Cc1cncc(C(=O)O)c1. The van der Waals surface area contributed by atoms with Crippen LogP contribution in [0.15, 0.2) is 29.7 Å². The van der Waals surface area contributed by atoms with Gasteiger partial charge in [-0.1, -0.05) is 17.3 Å². The highest BCUT2D eigenvalue weighted by atomic mass is 16.4. The summed E-state index contributed by atoms with van der Waals surface area (Å²) in [5, 5.41) is 12.1. The Bertz CT molecular complexity index is 450. The van der Waals surface area contributed by atoms with Gasteiger partial charge in [0.1, 0.15) is 0 Å². The molecule has 0 fully saturated rings. The van der Waals surface area contributed by atoms with E-state index in [1.54, 1.807) is 18.3 Å². The van der Waals surface area contributed by atoms with Gasteiger partial charge in [0.05, 0.1) is 5.56 Å². The van der Waals surface area contributed by atoms with Gasteiger partial charge in [-0.15, -0.1) is 0 Å². The normalized spacial score (nSPS) is 10.0. The van der Waals surface area contributed by atoms with E-state index in [0.717, 1.165) is 0 Å². The Morgan fingerprint density at radius 2 is 2.44 bits per heavy atom. The van der Waals surface area contributed by atoms with Crippen molar-refractivity contribution < 1.29 is 9.90 Å². The molecule has 0 aliphatic heterocycles. The van der Waals surface area contributed by atoms with Crippen LogP contribution in [0.2, 0.25) is 0 Å². The summed E-state index contributed by atoms with van der Waals surface area (Å²) in [6.07, 6.45) is 7.02. The summed E-state index contributed by atoms with van der Waals surface area (Å²) in [6.45, 7) is 0.388. The molecule has 0 bridgehead atoms. The molecule has 0 saturated heterocycles. The fraction of sp³-hybridized carbons (Fsp3) is 0.200. The van der Waals surface area contributed by atoms with Gasteiger partial charge in [-0.2, -0.15) is 0 Å². The Balaban J connectivity index is 2.63. The second-order valence-electron chi connectivity index (χ2n) is 2.96. The largest absolute Gasteiger partial charge is 0.478 e. The highest BCUT2D eigenvalue weighted by Crippen LogP contribution is 2.05. The second kappa shape index (κ2) is 6.21. The number of carboxylic acid groups (broad SMARTS) is 1. The third kappa shape index (κ3) is 3.81. The van der Waals surface area contributed by atoms with Gasteiger partial charge in [0.2, 0.25) is 0 Å². The van der Waals surface area contributed by atoms with Crippen LogP contribution in [0.3, 0.4) is 0 Å². The van der Waals surface area contributed by atoms with E-state index in [1.165, 1.54) is 12.3 Å². The van der Waals surface area contributed by atoms with Crippen LogP contribution >= 0.6 is 0 Å². The molecule has 0 aromatic carbocycles. The van der Waals surface area contributed by atoms with Crippen LogP contribution in [0.1, 0.15) is 22.3 Å². The van der Waals surface area contributed by atoms with E-state index in [-0.39, 0.29) is 5.56 Å². The van der Waals surface area contributed by atoms with Crippen molar-refractivity contribution in [2.75, 3.05) is 6.54 Å². The minimum Gasteiger partial charge on any atom is -0.478 e. The van der Waals surface area contributed by atoms with Crippen LogP contribution in [0.5, 0.6) is 0 Å². The molecule has 0 atom stereocenters. The number of carboxylic acids is 1. The Hall–Kier alpha value is -2.33. The standard InChI is InChI=1S/C10H10N4O2/c11-14-13-4-2-1-3-8-5-9(10(15)16)7-12-6-8/h1,3,5-7H,2,4H2,(H,15,16). The summed E-state index contributed by atoms with van der Waals surface area (Å²) >= 11 is 0. The summed E-state index contributed by atoms with van der Waals surface area (Å²) in [4.78, 5) is 17.1. The van der Waals surface area contributed by atoms with E-state index in [2.05, 4.69) is 15.0 Å². The van der Waals surface area contributed by atoms with Crippen molar-refractivity contribution in [2.45, 2.75) is 6.42 Å². The fourth-order valence-corrected chi connectivity index (χ4v) is 1.06. The van der Waals surface area contributed by atoms with Crippen LogP contribution in [-0.2, 0) is 0 Å². The topological polar surface area (TPSA) is 99.0 Å². The molecule has 6 heteroatoms. The number of aromatic nitrogens is 1. The number of carbonyl (C=O) groups is 1. The van der Waals surface area contributed by atoms with Crippen molar-refractivity contribution in [2.24, 2.45) is 5.11 Å². The Morgan fingerprint density at radius 3 is 3.12 bits per heavy atom. The van der Waals surface area contributed by atoms with Crippen LogP contribution in [-0.4, -0.2) is 22.6 Å². The molecule has 0 aliphatic carbocycles. The molecule has 0 aliphatic rings. The molecular formula is C10H10N4O2. The van der Waals surface area contributed by atoms with Gasteiger partial charge in [-0.3, -0.25) is 4.98 Å². The summed E-state index contributed by atoms with van der Waals surface area (Å²) in [7, 11) is 0. The van der Waals surface area contributed by atoms with Crippen molar-refractivity contribution in [1.82, 2.24) is 4.98 Å². The average Bonchev–Trinajstić information content (AvgIpc) is 2.29. The van der Waals surface area contributed by atoms with Gasteiger partial charge < -0.3 is 5.11 Å². The lowest BCUT2D eigenvalue weighted by atomic mass is 10.2. The fourth-order valence-electron chi connectivity index (χ4n) is 1.06. The Kier molecular flexibility index (Phi) is 4.56. The maximum atomic E-state index is 10.6. The molecule has 0 spiro atoms. The summed E-state index contributed by atoms with van der Waals surface area (Å²) < 4.78 is 0. The zero-order chi connectivity index (χ0) is 11.8. The molecule has 6 nitrogen and oxygen atoms in total. The molecule has 1 rings (SSSR count). The van der Waals surface area contributed by atoms with E-state index in [1.807, 2.05) is 0 Å². The highest BCUT2D eigenvalue weighted by Gasteiger charge is 2.01. The zero-order valence-corrected chi connectivity index (χ0v) is 8.45. The zero-order valence-electron chi connectivity index (χ0n) is 8.45. The first kappa shape index (κ1) is 11.7. The number of rotatable bonds is 5. The van der Waals surface area contributed by atoms with Crippen LogP contribution in [0.25, 0.3) is 16.5 Å². The van der Waals surface area contributed by atoms with Crippen molar-refractivity contribution in [3.8, 4) is 0 Å².